The molecule has 0 saturated carbocycles. The van der Waals surface area contributed by atoms with Gasteiger partial charge in [0.05, 0.1) is 16.8 Å². The molecule has 2 aliphatic heterocycles. The van der Waals surface area contributed by atoms with Crippen LogP contribution in [0.25, 0.3) is 22.3 Å². The Bertz CT molecular complexity index is 3260. The lowest BCUT2D eigenvalue weighted by Gasteiger charge is -2.43. The third-order valence-electron chi connectivity index (χ3n) is 14.8. The van der Waals surface area contributed by atoms with Gasteiger partial charge >= 0.3 is 0 Å². The topological polar surface area (TPSA) is 24.9 Å². The number of rotatable bonds is 3. The molecule has 8 aromatic carbocycles. The number of hydrogen-bond acceptors (Lipinski definition) is 4. The van der Waals surface area contributed by atoms with E-state index in [9.17, 15) is 0 Å². The van der Waals surface area contributed by atoms with Gasteiger partial charge in [-0.3, -0.25) is 4.90 Å². The van der Waals surface area contributed by atoms with Gasteiger partial charge in [0, 0.05) is 17.3 Å². The van der Waals surface area contributed by atoms with Crippen molar-refractivity contribution in [1.29, 1.82) is 0 Å². The van der Waals surface area contributed by atoms with E-state index in [1.165, 1.54) is 61.3 Å². The summed E-state index contributed by atoms with van der Waals surface area (Å²) in [6, 6.07) is 64.6. The minimum atomic E-state index is -0.484. The molecule has 2 unspecified atom stereocenters. The standard InChI is InChI=1S/C58H40N2O2/c1-57(2)41-20-7-6-19-40(41)54-45(57)24-13-26-48(54)59(49-27-14-29-51-55(49)60-47-25-11-12-28-50(47)61-52-30-15-31-53(62-51)56(52)60)35-32-33-39-38-18-5-10-23-44(38)58(46(39)34-35)42-21-8-3-16-36(42)37-17-4-9-22-43(37)58/h3-34,45,54H,1-2H3. The van der Waals surface area contributed by atoms with Crippen molar-refractivity contribution in [2.45, 2.75) is 30.6 Å². The first-order valence-electron chi connectivity index (χ1n) is 21.8. The third-order valence-corrected chi connectivity index (χ3v) is 14.8. The molecule has 6 aliphatic rings. The average Bonchev–Trinajstić information content (AvgIpc) is 3.88. The Kier molecular flexibility index (Phi) is 6.64. The summed E-state index contributed by atoms with van der Waals surface area (Å²) < 4.78 is 13.5. The van der Waals surface area contributed by atoms with Crippen LogP contribution in [0.4, 0.5) is 28.4 Å². The second-order valence-electron chi connectivity index (χ2n) is 18.0. The first-order valence-corrected chi connectivity index (χ1v) is 21.8. The number of benzene rings is 8. The van der Waals surface area contributed by atoms with Crippen LogP contribution in [0.3, 0.4) is 0 Å². The van der Waals surface area contributed by atoms with E-state index in [0.29, 0.717) is 0 Å². The molecule has 8 aromatic rings. The largest absolute Gasteiger partial charge is 0.453 e. The van der Waals surface area contributed by atoms with Crippen molar-refractivity contribution in [3.63, 3.8) is 0 Å². The molecule has 0 fully saturated rings. The highest BCUT2D eigenvalue weighted by molar-refractivity contribution is 6.01. The lowest BCUT2D eigenvalue weighted by molar-refractivity contribution is 0.385. The molecule has 0 amide bonds. The van der Waals surface area contributed by atoms with E-state index in [1.807, 2.05) is 24.3 Å². The highest BCUT2D eigenvalue weighted by atomic mass is 16.5. The summed E-state index contributed by atoms with van der Waals surface area (Å²) in [6.45, 7) is 4.83. The molecule has 0 bridgehead atoms. The summed E-state index contributed by atoms with van der Waals surface area (Å²) in [4.78, 5) is 4.94. The van der Waals surface area contributed by atoms with Gasteiger partial charge < -0.3 is 14.4 Å². The van der Waals surface area contributed by atoms with Crippen LogP contribution in [0.15, 0.2) is 200 Å². The molecular formula is C58H40N2O2. The van der Waals surface area contributed by atoms with Crippen molar-refractivity contribution in [3.8, 4) is 45.3 Å². The molecule has 0 radical (unpaired) electrons. The Morgan fingerprint density at radius 3 is 1.76 bits per heavy atom. The van der Waals surface area contributed by atoms with Gasteiger partial charge in [0.1, 0.15) is 11.4 Å². The van der Waals surface area contributed by atoms with Crippen molar-refractivity contribution < 1.29 is 9.47 Å². The van der Waals surface area contributed by atoms with Crippen molar-refractivity contribution in [2.75, 3.05) is 9.80 Å². The maximum atomic E-state index is 6.92. The molecule has 0 saturated heterocycles. The summed E-state index contributed by atoms with van der Waals surface area (Å²) >= 11 is 0. The third kappa shape index (κ3) is 4.17. The van der Waals surface area contributed by atoms with Crippen molar-refractivity contribution in [1.82, 2.24) is 0 Å². The first-order chi connectivity index (χ1) is 30.5. The molecule has 4 heteroatoms. The molecular weight excluding hydrogens is 757 g/mol. The van der Waals surface area contributed by atoms with E-state index in [-0.39, 0.29) is 17.3 Å². The number of allylic oxidation sites excluding steroid dienone is 4. The smallest absolute Gasteiger partial charge is 0.155 e. The molecule has 294 valence electrons. The number of para-hydroxylation sites is 4. The maximum absolute atomic E-state index is 6.92. The Morgan fingerprint density at radius 2 is 1.05 bits per heavy atom. The number of nitrogens with zero attached hydrogens (tertiary/aromatic N) is 2. The number of hydrogen-bond donors (Lipinski definition) is 0. The van der Waals surface area contributed by atoms with Gasteiger partial charge in [0.15, 0.2) is 23.0 Å². The van der Waals surface area contributed by atoms with Crippen LogP contribution in [0.1, 0.15) is 53.1 Å². The molecule has 2 heterocycles. The van der Waals surface area contributed by atoms with Crippen molar-refractivity contribution >= 4 is 28.4 Å². The second kappa shape index (κ2) is 12.0. The summed E-state index contributed by atoms with van der Waals surface area (Å²) in [7, 11) is 0. The maximum Gasteiger partial charge on any atom is 0.155 e. The van der Waals surface area contributed by atoms with E-state index in [4.69, 9.17) is 9.47 Å². The second-order valence-corrected chi connectivity index (χ2v) is 18.0. The Labute approximate surface area is 361 Å². The van der Waals surface area contributed by atoms with Gasteiger partial charge in [-0.1, -0.05) is 153 Å². The van der Waals surface area contributed by atoms with Gasteiger partial charge in [0.2, 0.25) is 0 Å². The van der Waals surface area contributed by atoms with Crippen LogP contribution in [-0.2, 0) is 10.8 Å². The molecule has 4 nitrogen and oxygen atoms in total. The molecule has 1 spiro atoms. The fourth-order valence-corrected chi connectivity index (χ4v) is 12.3. The highest BCUT2D eigenvalue weighted by Gasteiger charge is 2.53. The lowest BCUT2D eigenvalue weighted by Crippen LogP contribution is -2.32. The van der Waals surface area contributed by atoms with Gasteiger partial charge in [-0.15, -0.1) is 0 Å². The first kappa shape index (κ1) is 34.2. The quantitative estimate of drug-likeness (QED) is 0.178. The predicted molar refractivity (Wildman–Crippen MR) is 249 cm³/mol. The van der Waals surface area contributed by atoms with Crippen molar-refractivity contribution in [3.05, 3.63) is 233 Å². The van der Waals surface area contributed by atoms with E-state index < -0.39 is 5.41 Å². The average molecular weight is 797 g/mol. The Morgan fingerprint density at radius 1 is 0.500 bits per heavy atom. The molecule has 14 rings (SSSR count). The molecule has 2 atom stereocenters. The van der Waals surface area contributed by atoms with Crippen LogP contribution >= 0.6 is 0 Å². The molecule has 0 aromatic heterocycles. The zero-order valence-corrected chi connectivity index (χ0v) is 34.3. The lowest BCUT2D eigenvalue weighted by atomic mass is 9.70. The molecule has 0 N–H and O–H groups in total. The summed E-state index contributed by atoms with van der Waals surface area (Å²) in [5.74, 6) is 3.53. The van der Waals surface area contributed by atoms with Crippen molar-refractivity contribution in [2.24, 2.45) is 5.92 Å². The zero-order chi connectivity index (χ0) is 40.9. The Balaban J connectivity index is 1.07. The predicted octanol–water partition coefficient (Wildman–Crippen LogP) is 15.0. The van der Waals surface area contributed by atoms with Crippen LogP contribution < -0.4 is 19.3 Å². The van der Waals surface area contributed by atoms with Crippen LogP contribution in [0.2, 0.25) is 0 Å². The van der Waals surface area contributed by atoms with Gasteiger partial charge in [-0.05, 0) is 122 Å². The fraction of sp³-hybridized carbons (Fsp3) is 0.103. The fourth-order valence-electron chi connectivity index (χ4n) is 12.3. The zero-order valence-electron chi connectivity index (χ0n) is 34.3. The van der Waals surface area contributed by atoms with Crippen LogP contribution in [-0.4, -0.2) is 0 Å². The van der Waals surface area contributed by atoms with Crippen LogP contribution in [0, 0.1) is 5.92 Å². The van der Waals surface area contributed by atoms with Gasteiger partial charge in [-0.25, -0.2) is 0 Å². The number of anilines is 5. The van der Waals surface area contributed by atoms with E-state index >= 15 is 0 Å². The highest BCUT2D eigenvalue weighted by Crippen LogP contribution is 2.66. The van der Waals surface area contributed by atoms with E-state index in [0.717, 1.165) is 51.4 Å². The minimum Gasteiger partial charge on any atom is -0.453 e. The molecule has 62 heavy (non-hydrogen) atoms. The monoisotopic (exact) mass is 796 g/mol. The summed E-state index contributed by atoms with van der Waals surface area (Å²) in [5, 5.41) is 0. The summed E-state index contributed by atoms with van der Waals surface area (Å²) in [6.07, 6.45) is 7.11. The van der Waals surface area contributed by atoms with Crippen LogP contribution in [0.5, 0.6) is 23.0 Å². The van der Waals surface area contributed by atoms with E-state index in [2.05, 4.69) is 194 Å². The van der Waals surface area contributed by atoms with Gasteiger partial charge in [0.25, 0.3) is 0 Å². The van der Waals surface area contributed by atoms with E-state index in [1.54, 1.807) is 0 Å². The van der Waals surface area contributed by atoms with Gasteiger partial charge in [-0.2, -0.15) is 0 Å². The SMILES string of the molecule is CC1(C)c2ccccc2C2C(N(c3ccc4c(c3)C3(c5ccccc5-c5ccccc53)c3ccccc3-4)c3cccc4c3N3c5ccccc5Oc5cccc(c53)O4)=CC=CC21. The number of ether oxygens (including phenoxy) is 2. The molecule has 4 aliphatic carbocycles. The Hall–Kier alpha value is -7.56. The number of fused-ring (bicyclic) bond motifs is 17. The minimum absolute atomic E-state index is 0.0694. The summed E-state index contributed by atoms with van der Waals surface area (Å²) in [5.41, 5.74) is 19.0. The normalized spacial score (nSPS) is 18.7.